The second-order valence-corrected chi connectivity index (χ2v) is 5.68. The molecule has 0 atom stereocenters. The van der Waals surface area contributed by atoms with Crippen LogP contribution >= 0.6 is 0 Å². The van der Waals surface area contributed by atoms with Gasteiger partial charge in [-0.25, -0.2) is 4.79 Å². The van der Waals surface area contributed by atoms with E-state index in [9.17, 15) is 4.79 Å². The highest BCUT2D eigenvalue weighted by Gasteiger charge is 2.11. The lowest BCUT2D eigenvalue weighted by atomic mass is 10.1. The maximum Gasteiger partial charge on any atom is 0.344 e. The molecule has 5 heteroatoms. The zero-order valence-electron chi connectivity index (χ0n) is 13.5. The molecule has 5 nitrogen and oxygen atoms in total. The molecular formula is C16H25NO4. The van der Waals surface area contributed by atoms with E-state index in [2.05, 4.69) is 26.1 Å². The predicted molar refractivity (Wildman–Crippen MR) is 81.7 cm³/mol. The molecule has 0 aliphatic carbocycles. The number of methoxy groups -OCH3 is 1. The van der Waals surface area contributed by atoms with E-state index in [-0.39, 0.29) is 12.1 Å². The van der Waals surface area contributed by atoms with Crippen molar-refractivity contribution in [3.63, 3.8) is 0 Å². The molecule has 1 rings (SSSR count). The molecule has 0 heterocycles. The monoisotopic (exact) mass is 295 g/mol. The molecule has 0 amide bonds. The molecule has 1 N–H and O–H groups in total. The van der Waals surface area contributed by atoms with Crippen LogP contribution in [0.25, 0.3) is 0 Å². The molecule has 118 valence electrons. The zero-order valence-corrected chi connectivity index (χ0v) is 13.5. The van der Waals surface area contributed by atoms with Gasteiger partial charge in [-0.05, 0) is 45.4 Å². The second-order valence-electron chi connectivity index (χ2n) is 5.68. The van der Waals surface area contributed by atoms with Crippen LogP contribution in [0.4, 0.5) is 0 Å². The summed E-state index contributed by atoms with van der Waals surface area (Å²) in [6.07, 6.45) is 0. The molecule has 0 unspecified atom stereocenters. The quantitative estimate of drug-likeness (QED) is 0.783. The summed E-state index contributed by atoms with van der Waals surface area (Å²) in [6.45, 7) is 9.05. The molecule has 0 bridgehead atoms. The highest BCUT2D eigenvalue weighted by molar-refractivity contribution is 5.71. The van der Waals surface area contributed by atoms with Gasteiger partial charge in [0.15, 0.2) is 18.1 Å². The van der Waals surface area contributed by atoms with Gasteiger partial charge in [0.1, 0.15) is 0 Å². The van der Waals surface area contributed by atoms with E-state index in [0.29, 0.717) is 18.1 Å². The van der Waals surface area contributed by atoms with Gasteiger partial charge in [-0.3, -0.25) is 0 Å². The number of ether oxygens (including phenoxy) is 3. The Labute approximate surface area is 126 Å². The van der Waals surface area contributed by atoms with Gasteiger partial charge in [0.2, 0.25) is 0 Å². The van der Waals surface area contributed by atoms with Gasteiger partial charge in [0.05, 0.1) is 13.7 Å². The summed E-state index contributed by atoms with van der Waals surface area (Å²) >= 11 is 0. The van der Waals surface area contributed by atoms with Gasteiger partial charge in [-0.1, -0.05) is 6.07 Å². The third-order valence-corrected chi connectivity index (χ3v) is 2.70. The molecule has 0 aliphatic heterocycles. The van der Waals surface area contributed by atoms with Crippen molar-refractivity contribution in [3.05, 3.63) is 23.8 Å². The van der Waals surface area contributed by atoms with Crippen molar-refractivity contribution in [2.24, 2.45) is 0 Å². The van der Waals surface area contributed by atoms with Crippen LogP contribution < -0.4 is 14.8 Å². The fourth-order valence-corrected chi connectivity index (χ4v) is 1.65. The van der Waals surface area contributed by atoms with Gasteiger partial charge >= 0.3 is 5.97 Å². The minimum Gasteiger partial charge on any atom is -0.493 e. The Morgan fingerprint density at radius 3 is 2.52 bits per heavy atom. The lowest BCUT2D eigenvalue weighted by Gasteiger charge is -2.21. The normalized spacial score (nSPS) is 11.1. The molecule has 0 saturated heterocycles. The van der Waals surface area contributed by atoms with Crippen molar-refractivity contribution in [1.29, 1.82) is 0 Å². The summed E-state index contributed by atoms with van der Waals surface area (Å²) in [6, 6.07) is 5.65. The number of rotatable bonds is 7. The van der Waals surface area contributed by atoms with Crippen LogP contribution in [0.5, 0.6) is 11.5 Å². The Morgan fingerprint density at radius 2 is 1.95 bits per heavy atom. The lowest BCUT2D eigenvalue weighted by molar-refractivity contribution is -0.145. The van der Waals surface area contributed by atoms with Gasteiger partial charge in [0, 0.05) is 12.1 Å². The highest BCUT2D eigenvalue weighted by atomic mass is 16.6. The van der Waals surface area contributed by atoms with E-state index in [0.717, 1.165) is 12.1 Å². The van der Waals surface area contributed by atoms with Crippen LogP contribution in [-0.4, -0.2) is 31.8 Å². The number of carbonyl (C=O) groups excluding carboxylic acids is 1. The predicted octanol–water partition coefficient (Wildman–Crippen LogP) is 2.53. The van der Waals surface area contributed by atoms with Crippen molar-refractivity contribution in [2.45, 2.75) is 39.8 Å². The number of nitrogens with one attached hydrogen (secondary N) is 1. The molecule has 0 aliphatic rings. The maximum atomic E-state index is 11.3. The van der Waals surface area contributed by atoms with Crippen molar-refractivity contribution < 1.29 is 19.0 Å². The minimum absolute atomic E-state index is 0.0479. The Morgan fingerprint density at radius 1 is 1.24 bits per heavy atom. The molecular weight excluding hydrogens is 270 g/mol. The van der Waals surface area contributed by atoms with Crippen LogP contribution in [0.1, 0.15) is 33.3 Å². The van der Waals surface area contributed by atoms with E-state index in [1.807, 2.05) is 12.1 Å². The first kappa shape index (κ1) is 17.3. The van der Waals surface area contributed by atoms with Gasteiger partial charge < -0.3 is 19.5 Å². The van der Waals surface area contributed by atoms with Crippen molar-refractivity contribution >= 4 is 5.97 Å². The third kappa shape index (κ3) is 6.49. The van der Waals surface area contributed by atoms with Crippen LogP contribution in [0.2, 0.25) is 0 Å². The molecule has 21 heavy (non-hydrogen) atoms. The summed E-state index contributed by atoms with van der Waals surface area (Å²) < 4.78 is 15.6. The number of hydrogen-bond acceptors (Lipinski definition) is 5. The SMILES string of the molecule is CCOC(=O)COc1ccc(CNC(C)(C)C)cc1OC. The van der Waals surface area contributed by atoms with Gasteiger partial charge in [-0.15, -0.1) is 0 Å². The maximum absolute atomic E-state index is 11.3. The topological polar surface area (TPSA) is 56.8 Å². The Bertz CT molecular complexity index is 466. The van der Waals surface area contributed by atoms with Crippen LogP contribution in [-0.2, 0) is 16.1 Å². The van der Waals surface area contributed by atoms with E-state index >= 15 is 0 Å². The van der Waals surface area contributed by atoms with Crippen LogP contribution in [0.3, 0.4) is 0 Å². The first-order chi connectivity index (χ1) is 9.85. The number of esters is 1. The average molecular weight is 295 g/mol. The Hall–Kier alpha value is -1.75. The van der Waals surface area contributed by atoms with Crippen LogP contribution in [0.15, 0.2) is 18.2 Å². The molecule has 0 aromatic heterocycles. The van der Waals surface area contributed by atoms with Crippen molar-refractivity contribution in [3.8, 4) is 11.5 Å². The second kappa shape index (κ2) is 7.88. The van der Waals surface area contributed by atoms with E-state index < -0.39 is 5.97 Å². The summed E-state index contributed by atoms with van der Waals surface area (Å²) in [7, 11) is 1.58. The molecule has 0 saturated carbocycles. The van der Waals surface area contributed by atoms with Gasteiger partial charge in [-0.2, -0.15) is 0 Å². The zero-order chi connectivity index (χ0) is 15.9. The number of hydrogen-bond donors (Lipinski definition) is 1. The summed E-state index contributed by atoms with van der Waals surface area (Å²) in [5.74, 6) is 0.746. The Kier molecular flexibility index (Phi) is 6.49. The van der Waals surface area contributed by atoms with Crippen LogP contribution in [0, 0.1) is 0 Å². The molecule has 0 radical (unpaired) electrons. The molecule has 1 aromatic rings. The van der Waals surface area contributed by atoms with Gasteiger partial charge in [0.25, 0.3) is 0 Å². The average Bonchev–Trinajstić information content (AvgIpc) is 2.42. The van der Waals surface area contributed by atoms with E-state index in [1.54, 1.807) is 20.1 Å². The number of carbonyl (C=O) groups is 1. The van der Waals surface area contributed by atoms with E-state index in [1.165, 1.54) is 0 Å². The summed E-state index contributed by atoms with van der Waals surface area (Å²) in [5, 5.41) is 3.41. The van der Waals surface area contributed by atoms with Crippen molar-refractivity contribution in [2.75, 3.05) is 20.3 Å². The number of benzene rings is 1. The summed E-state index contributed by atoms with van der Waals surface area (Å²) in [4.78, 5) is 11.3. The first-order valence-electron chi connectivity index (χ1n) is 7.06. The molecule has 1 aromatic carbocycles. The minimum atomic E-state index is -0.391. The highest BCUT2D eigenvalue weighted by Crippen LogP contribution is 2.28. The van der Waals surface area contributed by atoms with E-state index in [4.69, 9.17) is 14.2 Å². The fourth-order valence-electron chi connectivity index (χ4n) is 1.65. The first-order valence-corrected chi connectivity index (χ1v) is 7.06. The smallest absolute Gasteiger partial charge is 0.344 e. The fraction of sp³-hybridized carbons (Fsp3) is 0.562. The largest absolute Gasteiger partial charge is 0.493 e. The van der Waals surface area contributed by atoms with Crippen molar-refractivity contribution in [1.82, 2.24) is 5.32 Å². The lowest BCUT2D eigenvalue weighted by Crippen LogP contribution is -2.35. The molecule has 0 fully saturated rings. The summed E-state index contributed by atoms with van der Waals surface area (Å²) in [5.41, 5.74) is 1.14. The Balaban J connectivity index is 2.68. The third-order valence-electron chi connectivity index (χ3n) is 2.70. The standard InChI is InChI=1S/C16H25NO4/c1-6-20-15(18)11-21-13-8-7-12(9-14(13)19-5)10-17-16(2,3)4/h7-9,17H,6,10-11H2,1-5H3. The molecule has 0 spiro atoms.